The smallest absolute Gasteiger partial charge is 0.312 e. The second-order valence-electron chi connectivity index (χ2n) is 4.80. The Morgan fingerprint density at radius 1 is 1.57 bits per heavy atom. The fourth-order valence-corrected chi connectivity index (χ4v) is 4.65. The number of aromatic nitrogens is 1. The lowest BCUT2D eigenvalue weighted by atomic mass is 10.1. The molecule has 1 aromatic heterocycles. The summed E-state index contributed by atoms with van der Waals surface area (Å²) in [4.78, 5) is 17.5. The van der Waals surface area contributed by atoms with Gasteiger partial charge in [-0.05, 0) is 30.7 Å². The number of nitrogens with zero attached hydrogens (tertiary/aromatic N) is 1. The van der Waals surface area contributed by atoms with E-state index in [0.29, 0.717) is 29.1 Å². The van der Waals surface area contributed by atoms with Gasteiger partial charge in [0.1, 0.15) is 16.7 Å². The molecule has 0 radical (unpaired) electrons. The van der Waals surface area contributed by atoms with E-state index in [1.807, 2.05) is 13.0 Å². The lowest BCUT2D eigenvalue weighted by molar-refractivity contribution is -0.138. The first-order valence-electron chi connectivity index (χ1n) is 6.76. The topological polar surface area (TPSA) is 50.2 Å². The highest BCUT2D eigenvalue weighted by Crippen LogP contribution is 2.42. The summed E-state index contributed by atoms with van der Waals surface area (Å²) in [6.45, 7) is 2.02. The number of aliphatic carboxylic acids is 1. The SMILES string of the molecule is CCSc1cccc(F)c1-c1nc2c(s1)CCC2C(=O)O. The van der Waals surface area contributed by atoms with Crippen molar-refractivity contribution in [3.05, 3.63) is 34.6 Å². The molecule has 2 aromatic rings. The lowest BCUT2D eigenvalue weighted by Gasteiger charge is -2.07. The highest BCUT2D eigenvalue weighted by Gasteiger charge is 2.33. The number of carboxylic acids is 1. The van der Waals surface area contributed by atoms with Crippen molar-refractivity contribution in [3.8, 4) is 10.6 Å². The second kappa shape index (κ2) is 5.77. The van der Waals surface area contributed by atoms with Crippen molar-refractivity contribution in [2.75, 3.05) is 5.75 Å². The number of carbonyl (C=O) groups is 1. The van der Waals surface area contributed by atoms with Gasteiger partial charge in [0, 0.05) is 9.77 Å². The molecule has 1 aliphatic rings. The molecule has 1 aromatic carbocycles. The summed E-state index contributed by atoms with van der Waals surface area (Å²) in [6.07, 6.45) is 1.31. The number of rotatable bonds is 4. The first kappa shape index (κ1) is 14.5. The van der Waals surface area contributed by atoms with Gasteiger partial charge < -0.3 is 5.11 Å². The normalized spacial score (nSPS) is 17.0. The van der Waals surface area contributed by atoms with E-state index in [9.17, 15) is 14.3 Å². The minimum absolute atomic E-state index is 0.298. The van der Waals surface area contributed by atoms with Crippen LogP contribution in [-0.2, 0) is 11.2 Å². The van der Waals surface area contributed by atoms with Crippen LogP contribution in [0.4, 0.5) is 4.39 Å². The number of aryl methyl sites for hydroxylation is 1. The number of thiazole rings is 1. The van der Waals surface area contributed by atoms with E-state index < -0.39 is 11.9 Å². The number of halogens is 1. The van der Waals surface area contributed by atoms with Crippen molar-refractivity contribution in [1.29, 1.82) is 0 Å². The van der Waals surface area contributed by atoms with Crippen LogP contribution >= 0.6 is 23.1 Å². The van der Waals surface area contributed by atoms with Crippen molar-refractivity contribution in [2.45, 2.75) is 30.6 Å². The van der Waals surface area contributed by atoms with E-state index >= 15 is 0 Å². The van der Waals surface area contributed by atoms with Crippen LogP contribution in [-0.4, -0.2) is 21.8 Å². The molecule has 3 nitrogen and oxygen atoms in total. The van der Waals surface area contributed by atoms with Gasteiger partial charge in [-0.1, -0.05) is 13.0 Å². The van der Waals surface area contributed by atoms with Gasteiger partial charge in [0.25, 0.3) is 0 Å². The van der Waals surface area contributed by atoms with E-state index in [2.05, 4.69) is 4.98 Å². The number of carboxylic acid groups (broad SMARTS) is 1. The zero-order chi connectivity index (χ0) is 15.0. The van der Waals surface area contributed by atoms with Crippen molar-refractivity contribution >= 4 is 29.1 Å². The van der Waals surface area contributed by atoms with Crippen molar-refractivity contribution in [2.24, 2.45) is 0 Å². The Labute approximate surface area is 130 Å². The molecule has 0 fully saturated rings. The molecule has 1 atom stereocenters. The standard InChI is InChI=1S/C15H14FNO2S2/c1-2-20-10-5-3-4-9(16)12(10)14-17-13-8(15(18)19)6-7-11(13)21-14/h3-5,8H,2,6-7H2,1H3,(H,18,19). The van der Waals surface area contributed by atoms with Gasteiger partial charge in [0.2, 0.25) is 0 Å². The fraction of sp³-hybridized carbons (Fsp3) is 0.333. The van der Waals surface area contributed by atoms with Gasteiger partial charge in [-0.3, -0.25) is 4.79 Å². The van der Waals surface area contributed by atoms with Crippen molar-refractivity contribution in [3.63, 3.8) is 0 Å². The third-order valence-corrected chi connectivity index (χ3v) is 5.59. The maximum atomic E-state index is 14.2. The molecule has 21 heavy (non-hydrogen) atoms. The highest BCUT2D eigenvalue weighted by molar-refractivity contribution is 7.99. The van der Waals surface area contributed by atoms with E-state index in [4.69, 9.17) is 0 Å². The summed E-state index contributed by atoms with van der Waals surface area (Å²) in [5.41, 5.74) is 1.13. The Bertz CT molecular complexity index is 699. The number of hydrogen-bond acceptors (Lipinski definition) is 4. The molecule has 0 amide bonds. The number of hydrogen-bond donors (Lipinski definition) is 1. The fourth-order valence-electron chi connectivity index (χ4n) is 2.56. The van der Waals surface area contributed by atoms with E-state index in [1.165, 1.54) is 17.4 Å². The first-order valence-corrected chi connectivity index (χ1v) is 8.56. The Balaban J connectivity index is 2.07. The first-order chi connectivity index (χ1) is 10.1. The van der Waals surface area contributed by atoms with Gasteiger partial charge in [-0.25, -0.2) is 9.37 Å². The molecular weight excluding hydrogens is 309 g/mol. The molecule has 6 heteroatoms. The van der Waals surface area contributed by atoms with Gasteiger partial charge in [0.05, 0.1) is 11.3 Å². The average molecular weight is 323 g/mol. The second-order valence-corrected chi connectivity index (χ2v) is 7.19. The summed E-state index contributed by atoms with van der Waals surface area (Å²) < 4.78 is 14.2. The lowest BCUT2D eigenvalue weighted by Crippen LogP contribution is -2.08. The Morgan fingerprint density at radius 3 is 3.10 bits per heavy atom. The molecule has 1 unspecified atom stereocenters. The van der Waals surface area contributed by atoms with Gasteiger partial charge in [0.15, 0.2) is 0 Å². The van der Waals surface area contributed by atoms with Crippen LogP contribution in [0.5, 0.6) is 0 Å². The Hall–Kier alpha value is -1.40. The third kappa shape index (κ3) is 2.58. The zero-order valence-electron chi connectivity index (χ0n) is 11.4. The minimum atomic E-state index is -0.845. The molecule has 0 saturated heterocycles. The van der Waals surface area contributed by atoms with Crippen LogP contribution < -0.4 is 0 Å². The molecule has 3 rings (SSSR count). The largest absolute Gasteiger partial charge is 0.481 e. The molecule has 1 aliphatic carbocycles. The highest BCUT2D eigenvalue weighted by atomic mass is 32.2. The monoisotopic (exact) mass is 323 g/mol. The number of thioether (sulfide) groups is 1. The zero-order valence-corrected chi connectivity index (χ0v) is 13.1. The average Bonchev–Trinajstić information content (AvgIpc) is 2.98. The molecule has 1 N–H and O–H groups in total. The van der Waals surface area contributed by atoms with Crippen molar-refractivity contribution < 1.29 is 14.3 Å². The van der Waals surface area contributed by atoms with E-state index in [0.717, 1.165) is 15.5 Å². The molecule has 1 heterocycles. The van der Waals surface area contributed by atoms with Crippen LogP contribution in [0, 0.1) is 5.82 Å². The van der Waals surface area contributed by atoms with Gasteiger partial charge >= 0.3 is 5.97 Å². The summed E-state index contributed by atoms with van der Waals surface area (Å²) in [5, 5.41) is 9.82. The molecule has 0 saturated carbocycles. The van der Waals surface area contributed by atoms with E-state index in [-0.39, 0.29) is 5.82 Å². The van der Waals surface area contributed by atoms with Crippen LogP contribution in [0.1, 0.15) is 29.8 Å². The molecular formula is C15H14FNO2S2. The van der Waals surface area contributed by atoms with Crippen LogP contribution in [0.2, 0.25) is 0 Å². The maximum absolute atomic E-state index is 14.2. The number of benzene rings is 1. The molecule has 0 spiro atoms. The van der Waals surface area contributed by atoms with Crippen molar-refractivity contribution in [1.82, 2.24) is 4.98 Å². The predicted molar refractivity (Wildman–Crippen MR) is 82.6 cm³/mol. The molecule has 110 valence electrons. The Morgan fingerprint density at radius 2 is 2.38 bits per heavy atom. The summed E-state index contributed by atoms with van der Waals surface area (Å²) in [5.74, 6) is -0.840. The maximum Gasteiger partial charge on any atom is 0.312 e. The van der Waals surface area contributed by atoms with Crippen LogP contribution in [0.25, 0.3) is 10.6 Å². The minimum Gasteiger partial charge on any atom is -0.481 e. The van der Waals surface area contributed by atoms with Crippen LogP contribution in [0.15, 0.2) is 23.1 Å². The quantitative estimate of drug-likeness (QED) is 0.858. The third-order valence-electron chi connectivity index (χ3n) is 3.50. The predicted octanol–water partition coefficient (Wildman–Crippen LogP) is 4.18. The van der Waals surface area contributed by atoms with Gasteiger partial charge in [-0.2, -0.15) is 0 Å². The van der Waals surface area contributed by atoms with E-state index in [1.54, 1.807) is 17.8 Å². The summed E-state index contributed by atoms with van der Waals surface area (Å²) >= 11 is 2.99. The van der Waals surface area contributed by atoms with Gasteiger partial charge in [-0.15, -0.1) is 23.1 Å². The van der Waals surface area contributed by atoms with Crippen LogP contribution in [0.3, 0.4) is 0 Å². The molecule has 0 aliphatic heterocycles. The Kier molecular flexibility index (Phi) is 3.99. The summed E-state index contributed by atoms with van der Waals surface area (Å²) in [7, 11) is 0. The molecule has 0 bridgehead atoms. The summed E-state index contributed by atoms with van der Waals surface area (Å²) in [6, 6.07) is 5.00. The number of fused-ring (bicyclic) bond motifs is 1.